The molecule has 1 aliphatic rings. The zero-order valence-electron chi connectivity index (χ0n) is 13.6. The maximum atomic E-state index is 5.74. The van der Waals surface area contributed by atoms with E-state index in [4.69, 9.17) is 10.5 Å². The number of benzene rings is 1. The summed E-state index contributed by atoms with van der Waals surface area (Å²) in [4.78, 5) is 11.7. The van der Waals surface area contributed by atoms with E-state index in [9.17, 15) is 0 Å². The second-order valence-electron chi connectivity index (χ2n) is 5.93. The zero-order valence-corrected chi connectivity index (χ0v) is 14.4. The van der Waals surface area contributed by atoms with Crippen molar-refractivity contribution in [3.05, 3.63) is 24.4 Å². The standard InChI is InChI=1S/C17H24N4OS/c1-22-14-2-3-15-16(10-14)20-17(12-19-15)23-9-8-21-6-4-13(11-18)5-7-21/h2-3,10,12-13H,4-9,11,18H2,1H3. The van der Waals surface area contributed by atoms with Crippen molar-refractivity contribution in [1.82, 2.24) is 14.9 Å². The van der Waals surface area contributed by atoms with Gasteiger partial charge in [-0.1, -0.05) is 0 Å². The minimum Gasteiger partial charge on any atom is -0.497 e. The third-order valence-electron chi connectivity index (χ3n) is 4.43. The highest BCUT2D eigenvalue weighted by Gasteiger charge is 2.17. The van der Waals surface area contributed by atoms with Gasteiger partial charge in [-0.15, -0.1) is 11.8 Å². The number of piperidine rings is 1. The highest BCUT2D eigenvalue weighted by molar-refractivity contribution is 7.99. The number of methoxy groups -OCH3 is 1. The lowest BCUT2D eigenvalue weighted by Gasteiger charge is -2.31. The van der Waals surface area contributed by atoms with Crippen LogP contribution < -0.4 is 10.5 Å². The summed E-state index contributed by atoms with van der Waals surface area (Å²) in [7, 11) is 1.67. The number of fused-ring (bicyclic) bond motifs is 1. The van der Waals surface area contributed by atoms with Crippen LogP contribution in [0.3, 0.4) is 0 Å². The molecule has 0 amide bonds. The summed E-state index contributed by atoms with van der Waals surface area (Å²) in [5, 5.41) is 0.975. The highest BCUT2D eigenvalue weighted by atomic mass is 32.2. The van der Waals surface area contributed by atoms with E-state index in [1.807, 2.05) is 24.4 Å². The number of nitrogens with two attached hydrogens (primary N) is 1. The van der Waals surface area contributed by atoms with Crippen LogP contribution in [-0.2, 0) is 0 Å². The molecule has 1 saturated heterocycles. The highest BCUT2D eigenvalue weighted by Crippen LogP contribution is 2.22. The fourth-order valence-corrected chi connectivity index (χ4v) is 3.74. The Kier molecular flexibility index (Phi) is 5.70. The molecule has 0 spiro atoms. The number of ether oxygens (including phenoxy) is 1. The molecule has 0 saturated carbocycles. The molecule has 0 unspecified atom stereocenters. The SMILES string of the molecule is COc1ccc2ncc(SCCN3CCC(CN)CC3)nc2c1. The molecule has 2 N–H and O–H groups in total. The summed E-state index contributed by atoms with van der Waals surface area (Å²) in [6.45, 7) is 4.27. The van der Waals surface area contributed by atoms with Crippen molar-refractivity contribution in [2.24, 2.45) is 11.7 Å². The van der Waals surface area contributed by atoms with E-state index in [1.54, 1.807) is 18.9 Å². The van der Waals surface area contributed by atoms with Crippen LogP contribution in [0.5, 0.6) is 5.75 Å². The van der Waals surface area contributed by atoms with E-state index in [-0.39, 0.29) is 0 Å². The van der Waals surface area contributed by atoms with Crippen LogP contribution in [0.25, 0.3) is 11.0 Å². The van der Waals surface area contributed by atoms with Gasteiger partial charge in [-0.2, -0.15) is 0 Å². The van der Waals surface area contributed by atoms with Gasteiger partial charge in [0.05, 0.1) is 24.3 Å². The van der Waals surface area contributed by atoms with Crippen molar-refractivity contribution in [2.75, 3.05) is 39.0 Å². The predicted molar refractivity (Wildman–Crippen MR) is 95.0 cm³/mol. The molecule has 0 bridgehead atoms. The first kappa shape index (κ1) is 16.5. The first-order chi connectivity index (χ1) is 11.3. The van der Waals surface area contributed by atoms with Gasteiger partial charge in [0.15, 0.2) is 0 Å². The molecule has 3 rings (SSSR count). The number of hydrogen-bond acceptors (Lipinski definition) is 6. The smallest absolute Gasteiger partial charge is 0.121 e. The third-order valence-corrected chi connectivity index (χ3v) is 5.30. The van der Waals surface area contributed by atoms with Gasteiger partial charge in [-0.3, -0.25) is 4.98 Å². The molecule has 2 heterocycles. The number of thioether (sulfide) groups is 1. The average molecular weight is 332 g/mol. The molecular formula is C17H24N4OS. The first-order valence-corrected chi connectivity index (χ1v) is 9.13. The summed E-state index contributed by atoms with van der Waals surface area (Å²) < 4.78 is 5.25. The molecule has 0 aliphatic carbocycles. The zero-order chi connectivity index (χ0) is 16.1. The Labute approximate surface area is 141 Å². The number of hydrogen-bond donors (Lipinski definition) is 1. The van der Waals surface area contributed by atoms with Gasteiger partial charge in [0, 0.05) is 18.4 Å². The summed E-state index contributed by atoms with van der Waals surface area (Å²) in [5.74, 6) is 2.58. The van der Waals surface area contributed by atoms with E-state index < -0.39 is 0 Å². The Balaban J connectivity index is 1.53. The Morgan fingerprint density at radius 2 is 2.13 bits per heavy atom. The maximum absolute atomic E-state index is 5.74. The molecule has 1 aromatic carbocycles. The Morgan fingerprint density at radius 1 is 1.30 bits per heavy atom. The number of nitrogens with zero attached hydrogens (tertiary/aromatic N) is 3. The third kappa shape index (κ3) is 4.34. The molecule has 1 aromatic heterocycles. The quantitative estimate of drug-likeness (QED) is 0.820. The lowest BCUT2D eigenvalue weighted by Crippen LogP contribution is -2.37. The van der Waals surface area contributed by atoms with Crippen molar-refractivity contribution in [1.29, 1.82) is 0 Å². The van der Waals surface area contributed by atoms with Crippen molar-refractivity contribution in [3.8, 4) is 5.75 Å². The first-order valence-electron chi connectivity index (χ1n) is 8.14. The molecule has 0 radical (unpaired) electrons. The fraction of sp³-hybridized carbons (Fsp3) is 0.529. The summed E-state index contributed by atoms with van der Waals surface area (Å²) in [6, 6.07) is 5.79. The summed E-state index contributed by atoms with van der Waals surface area (Å²) in [6.07, 6.45) is 4.33. The van der Waals surface area contributed by atoms with Gasteiger partial charge in [0.2, 0.25) is 0 Å². The monoisotopic (exact) mass is 332 g/mol. The number of aromatic nitrogens is 2. The molecule has 6 heteroatoms. The molecule has 1 aliphatic heterocycles. The van der Waals surface area contributed by atoms with E-state index >= 15 is 0 Å². The van der Waals surface area contributed by atoms with Gasteiger partial charge in [-0.25, -0.2) is 4.98 Å². The molecule has 2 aromatic rings. The van der Waals surface area contributed by atoms with Gasteiger partial charge in [0.25, 0.3) is 0 Å². The Morgan fingerprint density at radius 3 is 2.87 bits per heavy atom. The normalized spacial score (nSPS) is 16.8. The molecule has 124 valence electrons. The number of rotatable bonds is 6. The Bertz CT molecular complexity index is 644. The van der Waals surface area contributed by atoms with Gasteiger partial charge in [0.1, 0.15) is 10.8 Å². The minimum atomic E-state index is 0.722. The van der Waals surface area contributed by atoms with E-state index in [2.05, 4.69) is 14.9 Å². The summed E-state index contributed by atoms with van der Waals surface area (Å²) in [5.41, 5.74) is 7.53. The molecular weight excluding hydrogens is 308 g/mol. The van der Waals surface area contributed by atoms with E-state index in [0.29, 0.717) is 0 Å². The lowest BCUT2D eigenvalue weighted by molar-refractivity contribution is 0.197. The molecule has 5 nitrogen and oxygen atoms in total. The van der Waals surface area contributed by atoms with Crippen molar-refractivity contribution < 1.29 is 4.74 Å². The van der Waals surface area contributed by atoms with Crippen LogP contribution in [0.4, 0.5) is 0 Å². The molecule has 0 atom stereocenters. The van der Waals surface area contributed by atoms with Crippen molar-refractivity contribution in [2.45, 2.75) is 17.9 Å². The van der Waals surface area contributed by atoms with Crippen LogP contribution in [0.2, 0.25) is 0 Å². The van der Waals surface area contributed by atoms with Crippen molar-refractivity contribution >= 4 is 22.8 Å². The topological polar surface area (TPSA) is 64.3 Å². The second-order valence-corrected chi connectivity index (χ2v) is 7.05. The minimum absolute atomic E-state index is 0.722. The van der Waals surface area contributed by atoms with Crippen LogP contribution in [-0.4, -0.2) is 53.9 Å². The van der Waals surface area contributed by atoms with Crippen LogP contribution >= 0.6 is 11.8 Å². The number of likely N-dealkylation sites (tertiary alicyclic amines) is 1. The average Bonchev–Trinajstić information content (AvgIpc) is 2.61. The van der Waals surface area contributed by atoms with E-state index in [0.717, 1.165) is 46.6 Å². The molecule has 1 fully saturated rings. The Hall–Kier alpha value is -1.37. The second kappa shape index (κ2) is 7.95. The lowest BCUT2D eigenvalue weighted by atomic mass is 9.97. The van der Waals surface area contributed by atoms with Gasteiger partial charge in [-0.05, 0) is 50.5 Å². The van der Waals surface area contributed by atoms with Gasteiger partial charge < -0.3 is 15.4 Å². The van der Waals surface area contributed by atoms with Crippen LogP contribution in [0.15, 0.2) is 29.4 Å². The van der Waals surface area contributed by atoms with Crippen LogP contribution in [0.1, 0.15) is 12.8 Å². The van der Waals surface area contributed by atoms with Crippen molar-refractivity contribution in [3.63, 3.8) is 0 Å². The predicted octanol–water partition coefficient (Wildman–Crippen LogP) is 2.40. The molecule has 23 heavy (non-hydrogen) atoms. The van der Waals surface area contributed by atoms with E-state index in [1.165, 1.54) is 25.9 Å². The summed E-state index contributed by atoms with van der Waals surface area (Å²) >= 11 is 1.77. The largest absolute Gasteiger partial charge is 0.497 e. The van der Waals surface area contributed by atoms with Crippen LogP contribution in [0, 0.1) is 5.92 Å². The fourth-order valence-electron chi connectivity index (χ4n) is 2.90. The maximum Gasteiger partial charge on any atom is 0.121 e. The van der Waals surface area contributed by atoms with Gasteiger partial charge >= 0.3 is 0 Å².